The first kappa shape index (κ1) is 13.7. The molecule has 3 aromatic heterocycles. The molecule has 4 aromatic rings. The molecule has 0 atom stereocenters. The lowest BCUT2D eigenvalue weighted by Gasteiger charge is -2.04. The van der Waals surface area contributed by atoms with Gasteiger partial charge in [0.05, 0.1) is 5.56 Å². The molecule has 0 fully saturated rings. The third kappa shape index (κ3) is 2.60. The molecule has 112 valence electrons. The van der Waals surface area contributed by atoms with Gasteiger partial charge in [0.15, 0.2) is 5.82 Å². The van der Waals surface area contributed by atoms with Crippen molar-refractivity contribution in [1.29, 1.82) is 0 Å². The summed E-state index contributed by atoms with van der Waals surface area (Å²) < 4.78 is 7.44. The molecule has 0 saturated carbocycles. The van der Waals surface area contributed by atoms with Crippen LogP contribution < -0.4 is 0 Å². The molecule has 6 nitrogen and oxygen atoms in total. The Morgan fingerprint density at radius 3 is 2.70 bits per heavy atom. The summed E-state index contributed by atoms with van der Waals surface area (Å²) >= 11 is 6.00. The largest absolute Gasteiger partial charge is 0.416 e. The molecule has 0 spiro atoms. The zero-order valence-electron chi connectivity index (χ0n) is 11.8. The van der Waals surface area contributed by atoms with Crippen molar-refractivity contribution in [2.24, 2.45) is 0 Å². The van der Waals surface area contributed by atoms with Crippen LogP contribution in [-0.2, 0) is 0 Å². The maximum absolute atomic E-state index is 6.00. The van der Waals surface area contributed by atoms with Gasteiger partial charge in [-0.15, -0.1) is 10.2 Å². The SMILES string of the molecule is Clc1cccc(-c2nnc(-c3cccnc3-n3cccn3)o2)c1. The first-order chi connectivity index (χ1) is 11.3. The molecule has 0 amide bonds. The van der Waals surface area contributed by atoms with Crippen LogP contribution in [0.25, 0.3) is 28.7 Å². The third-order valence-electron chi connectivity index (χ3n) is 3.24. The van der Waals surface area contributed by atoms with E-state index in [4.69, 9.17) is 16.0 Å². The van der Waals surface area contributed by atoms with Crippen molar-refractivity contribution < 1.29 is 4.42 Å². The van der Waals surface area contributed by atoms with Crippen LogP contribution in [0.5, 0.6) is 0 Å². The molecule has 1 aromatic carbocycles. The van der Waals surface area contributed by atoms with Crippen LogP contribution in [0.15, 0.2) is 65.5 Å². The van der Waals surface area contributed by atoms with E-state index in [1.165, 1.54) is 0 Å². The van der Waals surface area contributed by atoms with Gasteiger partial charge in [-0.1, -0.05) is 17.7 Å². The molecule has 0 aliphatic carbocycles. The fraction of sp³-hybridized carbons (Fsp3) is 0. The second-order valence-corrected chi connectivity index (χ2v) is 5.18. The summed E-state index contributed by atoms with van der Waals surface area (Å²) in [7, 11) is 0. The van der Waals surface area contributed by atoms with Gasteiger partial charge in [0.2, 0.25) is 5.89 Å². The molecular formula is C16H10ClN5O. The van der Waals surface area contributed by atoms with Gasteiger partial charge in [0.1, 0.15) is 0 Å². The van der Waals surface area contributed by atoms with Crippen molar-refractivity contribution >= 4 is 11.6 Å². The lowest BCUT2D eigenvalue weighted by molar-refractivity contribution is 0.583. The van der Waals surface area contributed by atoms with Crippen LogP contribution in [0.2, 0.25) is 5.02 Å². The van der Waals surface area contributed by atoms with Crippen LogP contribution in [0.1, 0.15) is 0 Å². The number of pyridine rings is 1. The van der Waals surface area contributed by atoms with Gasteiger partial charge in [0.25, 0.3) is 5.89 Å². The second-order valence-electron chi connectivity index (χ2n) is 4.75. The molecule has 4 rings (SSSR count). The minimum absolute atomic E-state index is 0.374. The van der Waals surface area contributed by atoms with Gasteiger partial charge in [-0.2, -0.15) is 5.10 Å². The van der Waals surface area contributed by atoms with Gasteiger partial charge < -0.3 is 4.42 Å². The summed E-state index contributed by atoms with van der Waals surface area (Å²) in [5.74, 6) is 1.40. The number of hydrogen-bond acceptors (Lipinski definition) is 5. The highest BCUT2D eigenvalue weighted by molar-refractivity contribution is 6.30. The topological polar surface area (TPSA) is 69.6 Å². The van der Waals surface area contributed by atoms with E-state index in [1.807, 2.05) is 30.3 Å². The Hall–Kier alpha value is -2.99. The Morgan fingerprint density at radius 1 is 0.957 bits per heavy atom. The fourth-order valence-electron chi connectivity index (χ4n) is 2.21. The normalized spacial score (nSPS) is 10.8. The van der Waals surface area contributed by atoms with Crippen LogP contribution in [0.4, 0.5) is 0 Å². The number of halogens is 1. The smallest absolute Gasteiger partial charge is 0.251 e. The Balaban J connectivity index is 1.79. The average molecular weight is 324 g/mol. The zero-order chi connectivity index (χ0) is 15.6. The molecule has 0 aliphatic heterocycles. The molecule has 0 saturated heterocycles. The summed E-state index contributed by atoms with van der Waals surface area (Å²) in [6, 6.07) is 12.8. The number of nitrogens with zero attached hydrogens (tertiary/aromatic N) is 5. The molecule has 0 unspecified atom stereocenters. The first-order valence-electron chi connectivity index (χ1n) is 6.86. The number of hydrogen-bond donors (Lipinski definition) is 0. The van der Waals surface area contributed by atoms with Crippen molar-refractivity contribution in [3.05, 3.63) is 66.1 Å². The van der Waals surface area contributed by atoms with E-state index in [2.05, 4.69) is 20.3 Å². The molecule has 7 heteroatoms. The Morgan fingerprint density at radius 2 is 1.87 bits per heavy atom. The van der Waals surface area contributed by atoms with E-state index in [0.29, 0.717) is 28.2 Å². The minimum Gasteiger partial charge on any atom is -0.416 e. The highest BCUT2D eigenvalue weighted by Gasteiger charge is 2.16. The summed E-state index contributed by atoms with van der Waals surface area (Å²) in [5.41, 5.74) is 1.47. The standard InChI is InChI=1S/C16H10ClN5O/c17-12-5-1-4-11(10-12)15-20-21-16(23-15)13-6-2-7-18-14(13)22-9-3-8-19-22/h1-10H. The second kappa shape index (κ2) is 5.66. The van der Waals surface area contributed by atoms with E-state index in [0.717, 1.165) is 5.56 Å². The average Bonchev–Trinajstić information content (AvgIpc) is 3.27. The zero-order valence-corrected chi connectivity index (χ0v) is 12.6. The van der Waals surface area contributed by atoms with Crippen molar-refractivity contribution in [3.63, 3.8) is 0 Å². The summed E-state index contributed by atoms with van der Waals surface area (Å²) in [6.45, 7) is 0. The van der Waals surface area contributed by atoms with E-state index < -0.39 is 0 Å². The lowest BCUT2D eigenvalue weighted by atomic mass is 10.2. The van der Waals surface area contributed by atoms with E-state index >= 15 is 0 Å². The van der Waals surface area contributed by atoms with Gasteiger partial charge in [-0.25, -0.2) is 9.67 Å². The van der Waals surface area contributed by atoms with Crippen LogP contribution in [0, 0.1) is 0 Å². The van der Waals surface area contributed by atoms with Gasteiger partial charge in [-0.05, 0) is 36.4 Å². The molecule has 0 bridgehead atoms. The Labute approximate surface area is 136 Å². The van der Waals surface area contributed by atoms with E-state index in [1.54, 1.807) is 35.4 Å². The quantitative estimate of drug-likeness (QED) is 0.575. The molecular weight excluding hydrogens is 314 g/mol. The van der Waals surface area contributed by atoms with Crippen molar-refractivity contribution in [1.82, 2.24) is 25.0 Å². The predicted octanol–water partition coefficient (Wildman–Crippen LogP) is 3.64. The van der Waals surface area contributed by atoms with Gasteiger partial charge in [0, 0.05) is 29.2 Å². The summed E-state index contributed by atoms with van der Waals surface area (Å²) in [5, 5.41) is 13.0. The summed E-state index contributed by atoms with van der Waals surface area (Å²) in [6.07, 6.45) is 5.18. The van der Waals surface area contributed by atoms with Crippen molar-refractivity contribution in [2.45, 2.75) is 0 Å². The number of benzene rings is 1. The molecule has 23 heavy (non-hydrogen) atoms. The maximum atomic E-state index is 6.00. The van der Waals surface area contributed by atoms with E-state index in [9.17, 15) is 0 Å². The van der Waals surface area contributed by atoms with Crippen molar-refractivity contribution in [3.8, 4) is 28.7 Å². The molecule has 3 heterocycles. The highest BCUT2D eigenvalue weighted by atomic mass is 35.5. The third-order valence-corrected chi connectivity index (χ3v) is 3.47. The number of rotatable bonds is 3. The van der Waals surface area contributed by atoms with Crippen LogP contribution >= 0.6 is 11.6 Å². The minimum atomic E-state index is 0.374. The van der Waals surface area contributed by atoms with Crippen LogP contribution in [-0.4, -0.2) is 25.0 Å². The molecule has 0 aliphatic rings. The fourth-order valence-corrected chi connectivity index (χ4v) is 2.40. The predicted molar refractivity (Wildman–Crippen MR) is 85.1 cm³/mol. The Kier molecular flexibility index (Phi) is 3.36. The van der Waals surface area contributed by atoms with Gasteiger partial charge >= 0.3 is 0 Å². The van der Waals surface area contributed by atoms with Gasteiger partial charge in [-0.3, -0.25) is 0 Å². The Bertz CT molecular complexity index is 949. The highest BCUT2D eigenvalue weighted by Crippen LogP contribution is 2.27. The first-order valence-corrected chi connectivity index (χ1v) is 7.24. The lowest BCUT2D eigenvalue weighted by Crippen LogP contribution is -2.00. The molecule has 0 radical (unpaired) electrons. The van der Waals surface area contributed by atoms with E-state index in [-0.39, 0.29) is 0 Å². The number of aromatic nitrogens is 5. The molecule has 0 N–H and O–H groups in total. The van der Waals surface area contributed by atoms with Crippen LogP contribution in [0.3, 0.4) is 0 Å². The maximum Gasteiger partial charge on any atom is 0.251 e. The summed E-state index contributed by atoms with van der Waals surface area (Å²) in [4.78, 5) is 4.35. The van der Waals surface area contributed by atoms with Crippen molar-refractivity contribution in [2.75, 3.05) is 0 Å². The monoisotopic (exact) mass is 323 g/mol.